The van der Waals surface area contributed by atoms with Crippen LogP contribution in [0.3, 0.4) is 0 Å². The number of rotatable bonds is 8. The van der Waals surface area contributed by atoms with Crippen molar-refractivity contribution in [2.45, 2.75) is 51.4 Å². The predicted molar refractivity (Wildman–Crippen MR) is 62.5 cm³/mol. The second kappa shape index (κ2) is 7.50. The normalized spacial score (nSPS) is 14.8. The number of hydrogen-bond acceptors (Lipinski definition) is 5. The Morgan fingerprint density at radius 2 is 1.53 bits per heavy atom. The Balaban J connectivity index is 2.10. The molecule has 0 radical (unpaired) electrons. The van der Waals surface area contributed by atoms with E-state index < -0.39 is 23.8 Å². The summed E-state index contributed by atoms with van der Waals surface area (Å²) in [7, 11) is 0. The van der Waals surface area contributed by atoms with Gasteiger partial charge >= 0.3 is 11.9 Å². The Morgan fingerprint density at radius 3 is 2.05 bits per heavy atom. The summed E-state index contributed by atoms with van der Waals surface area (Å²) in [6, 6.07) is 0. The first-order valence-electron chi connectivity index (χ1n) is 6.29. The van der Waals surface area contributed by atoms with Crippen LogP contribution >= 0.6 is 0 Å². The van der Waals surface area contributed by atoms with E-state index in [0.29, 0.717) is 24.3 Å². The highest BCUT2D eigenvalue weighted by molar-refractivity contribution is 6.01. The third kappa shape index (κ3) is 5.50. The SMILES string of the molecule is O=C(O)CCCCCCC(=O)ON1C(=O)CCC1=O. The lowest BCUT2D eigenvalue weighted by molar-refractivity contribution is -0.197. The minimum atomic E-state index is -0.828. The number of hydrogen-bond donors (Lipinski definition) is 1. The summed E-state index contributed by atoms with van der Waals surface area (Å²) < 4.78 is 0. The zero-order chi connectivity index (χ0) is 14.3. The van der Waals surface area contributed by atoms with E-state index in [-0.39, 0.29) is 25.7 Å². The summed E-state index contributed by atoms with van der Waals surface area (Å²) in [6.07, 6.45) is 2.97. The molecule has 7 heteroatoms. The predicted octanol–water partition coefficient (Wildman–Crippen LogP) is 1.02. The molecule has 0 aromatic carbocycles. The lowest BCUT2D eigenvalue weighted by Gasteiger charge is -2.12. The van der Waals surface area contributed by atoms with E-state index in [1.807, 2.05) is 0 Å². The average Bonchev–Trinajstić information content (AvgIpc) is 2.65. The van der Waals surface area contributed by atoms with Crippen molar-refractivity contribution in [3.05, 3.63) is 0 Å². The molecule has 1 saturated heterocycles. The van der Waals surface area contributed by atoms with Crippen LogP contribution in [-0.4, -0.2) is 33.9 Å². The number of imide groups is 1. The third-order valence-corrected chi connectivity index (χ3v) is 2.72. The van der Waals surface area contributed by atoms with E-state index in [9.17, 15) is 19.2 Å². The van der Waals surface area contributed by atoms with Crippen molar-refractivity contribution < 1.29 is 29.1 Å². The average molecular weight is 271 g/mol. The van der Waals surface area contributed by atoms with Crippen LogP contribution in [0, 0.1) is 0 Å². The summed E-state index contributed by atoms with van der Waals surface area (Å²) in [5.74, 6) is -2.41. The van der Waals surface area contributed by atoms with Crippen LogP contribution in [0.15, 0.2) is 0 Å². The molecule has 0 spiro atoms. The number of aliphatic carboxylic acids is 1. The monoisotopic (exact) mass is 271 g/mol. The van der Waals surface area contributed by atoms with Gasteiger partial charge in [-0.15, -0.1) is 5.06 Å². The molecule has 0 atom stereocenters. The fourth-order valence-corrected chi connectivity index (χ4v) is 1.70. The van der Waals surface area contributed by atoms with Crippen molar-refractivity contribution in [3.63, 3.8) is 0 Å². The first kappa shape index (κ1) is 15.1. The topological polar surface area (TPSA) is 101 Å². The molecule has 1 fully saturated rings. The van der Waals surface area contributed by atoms with E-state index in [1.165, 1.54) is 0 Å². The maximum atomic E-state index is 11.4. The van der Waals surface area contributed by atoms with Crippen LogP contribution in [0.4, 0.5) is 0 Å². The molecular weight excluding hydrogens is 254 g/mol. The van der Waals surface area contributed by atoms with E-state index >= 15 is 0 Å². The number of unbranched alkanes of at least 4 members (excludes halogenated alkanes) is 3. The molecule has 0 bridgehead atoms. The fourth-order valence-electron chi connectivity index (χ4n) is 1.70. The molecule has 0 saturated carbocycles. The van der Waals surface area contributed by atoms with E-state index in [1.54, 1.807) is 0 Å². The van der Waals surface area contributed by atoms with Crippen LogP contribution in [0.1, 0.15) is 51.4 Å². The van der Waals surface area contributed by atoms with Crippen LogP contribution in [0.5, 0.6) is 0 Å². The number of carboxylic acid groups (broad SMARTS) is 1. The van der Waals surface area contributed by atoms with Gasteiger partial charge in [0.1, 0.15) is 0 Å². The zero-order valence-electron chi connectivity index (χ0n) is 10.6. The number of carbonyl (C=O) groups is 4. The summed E-state index contributed by atoms with van der Waals surface area (Å²) in [5, 5.41) is 8.96. The number of nitrogens with zero attached hydrogens (tertiary/aromatic N) is 1. The van der Waals surface area contributed by atoms with E-state index in [4.69, 9.17) is 5.11 Å². The van der Waals surface area contributed by atoms with Crippen molar-refractivity contribution in [3.8, 4) is 0 Å². The molecule has 1 aliphatic heterocycles. The first-order chi connectivity index (χ1) is 9.00. The van der Waals surface area contributed by atoms with Gasteiger partial charge in [-0.3, -0.25) is 14.4 Å². The molecule has 0 aliphatic carbocycles. The summed E-state index contributed by atoms with van der Waals surface area (Å²) in [4.78, 5) is 48.6. The molecular formula is C12H17NO6. The number of carbonyl (C=O) groups excluding carboxylic acids is 3. The number of amides is 2. The van der Waals surface area contributed by atoms with Gasteiger partial charge in [-0.1, -0.05) is 12.8 Å². The van der Waals surface area contributed by atoms with Crippen molar-refractivity contribution in [1.29, 1.82) is 0 Å². The maximum absolute atomic E-state index is 11.4. The van der Waals surface area contributed by atoms with Gasteiger partial charge in [-0.25, -0.2) is 4.79 Å². The molecule has 7 nitrogen and oxygen atoms in total. The third-order valence-electron chi connectivity index (χ3n) is 2.72. The van der Waals surface area contributed by atoms with Gasteiger partial charge in [0.15, 0.2) is 0 Å². The van der Waals surface area contributed by atoms with Gasteiger partial charge in [0.2, 0.25) is 0 Å². The van der Waals surface area contributed by atoms with Gasteiger partial charge in [-0.05, 0) is 12.8 Å². The quantitative estimate of drug-likeness (QED) is 0.522. The first-order valence-corrected chi connectivity index (χ1v) is 6.29. The standard InChI is InChI=1S/C12H17NO6/c14-9-7-8-10(15)13(9)19-12(18)6-4-2-1-3-5-11(16)17/h1-8H2,(H,16,17). The van der Waals surface area contributed by atoms with Crippen molar-refractivity contribution in [1.82, 2.24) is 5.06 Å². The largest absolute Gasteiger partial charge is 0.481 e. The number of hydroxylamine groups is 2. The molecule has 1 heterocycles. The summed E-state index contributed by atoms with van der Waals surface area (Å²) in [5.41, 5.74) is 0. The Hall–Kier alpha value is -1.92. The smallest absolute Gasteiger partial charge is 0.333 e. The van der Waals surface area contributed by atoms with Gasteiger partial charge in [0.05, 0.1) is 0 Å². The minimum absolute atomic E-state index is 0.0846. The zero-order valence-corrected chi connectivity index (χ0v) is 10.6. The van der Waals surface area contributed by atoms with Crippen LogP contribution in [0.2, 0.25) is 0 Å². The Kier molecular flexibility index (Phi) is 5.98. The maximum Gasteiger partial charge on any atom is 0.333 e. The van der Waals surface area contributed by atoms with E-state index in [0.717, 1.165) is 6.42 Å². The van der Waals surface area contributed by atoms with Gasteiger partial charge in [0.25, 0.3) is 11.8 Å². The molecule has 1 rings (SSSR count). The van der Waals surface area contributed by atoms with Crippen LogP contribution < -0.4 is 0 Å². The Morgan fingerprint density at radius 1 is 1.00 bits per heavy atom. The van der Waals surface area contributed by atoms with Crippen molar-refractivity contribution in [2.24, 2.45) is 0 Å². The highest BCUT2D eigenvalue weighted by Crippen LogP contribution is 2.13. The molecule has 1 aliphatic rings. The van der Waals surface area contributed by atoms with Crippen molar-refractivity contribution in [2.75, 3.05) is 0 Å². The van der Waals surface area contributed by atoms with Crippen LogP contribution in [0.25, 0.3) is 0 Å². The van der Waals surface area contributed by atoms with Gasteiger partial charge in [0, 0.05) is 25.7 Å². The minimum Gasteiger partial charge on any atom is -0.481 e. The van der Waals surface area contributed by atoms with Crippen molar-refractivity contribution >= 4 is 23.8 Å². The summed E-state index contributed by atoms with van der Waals surface area (Å²) in [6.45, 7) is 0. The van der Waals surface area contributed by atoms with Crippen LogP contribution in [-0.2, 0) is 24.0 Å². The van der Waals surface area contributed by atoms with E-state index in [2.05, 4.69) is 4.84 Å². The highest BCUT2D eigenvalue weighted by Gasteiger charge is 2.32. The molecule has 106 valence electrons. The molecule has 0 unspecified atom stereocenters. The molecule has 19 heavy (non-hydrogen) atoms. The second-order valence-corrected chi connectivity index (χ2v) is 4.35. The lowest BCUT2D eigenvalue weighted by atomic mass is 10.1. The second-order valence-electron chi connectivity index (χ2n) is 4.35. The molecule has 0 aromatic rings. The molecule has 2 amide bonds. The summed E-state index contributed by atoms with van der Waals surface area (Å²) >= 11 is 0. The lowest BCUT2D eigenvalue weighted by Crippen LogP contribution is -2.31. The molecule has 1 N–H and O–H groups in total. The van der Waals surface area contributed by atoms with Gasteiger partial charge < -0.3 is 9.94 Å². The Bertz CT molecular complexity index is 362. The highest BCUT2D eigenvalue weighted by atomic mass is 16.7. The van der Waals surface area contributed by atoms with Gasteiger partial charge in [-0.2, -0.15) is 0 Å². The molecule has 0 aromatic heterocycles. The Labute approximate surface area is 110 Å². The fraction of sp³-hybridized carbons (Fsp3) is 0.667. The number of carboxylic acids is 1.